The van der Waals surface area contributed by atoms with E-state index in [1.165, 1.54) is 0 Å². The molecule has 0 fully saturated rings. The number of rotatable bonds is 2. The van der Waals surface area contributed by atoms with E-state index in [1.807, 2.05) is 12.1 Å². The molecule has 0 unspecified atom stereocenters. The van der Waals surface area contributed by atoms with Crippen molar-refractivity contribution in [1.29, 1.82) is 0 Å². The third-order valence-electron chi connectivity index (χ3n) is 1.92. The molecule has 1 amide bonds. The molecule has 1 radical (unpaired) electrons. The molecule has 0 spiro atoms. The Morgan fingerprint density at radius 3 is 3.36 bits per heavy atom. The lowest BCUT2D eigenvalue weighted by molar-refractivity contribution is -0.121. The highest BCUT2D eigenvalue weighted by molar-refractivity contribution is 5.79. The summed E-state index contributed by atoms with van der Waals surface area (Å²) in [6.07, 6.45) is 0. The van der Waals surface area contributed by atoms with Gasteiger partial charge in [0.25, 0.3) is 0 Å². The number of carbonyl (C=O) groups is 1. The largest absolute Gasteiger partial charge is 0.358 e. The molecule has 0 atom stereocenters. The fraction of sp³-hybridized carbons (Fsp3) is 0.222. The maximum atomic E-state index is 11.1. The molecule has 0 aliphatic carbocycles. The summed E-state index contributed by atoms with van der Waals surface area (Å²) in [5.41, 5.74) is 1.49. The number of hydrogen-bond acceptors (Lipinski definition) is 3. The molecular weight excluding hydrogens is 180 g/mol. The second-order valence-corrected chi connectivity index (χ2v) is 2.82. The quantitative estimate of drug-likeness (QED) is 0.722. The van der Waals surface area contributed by atoms with Crippen molar-refractivity contribution in [3.63, 3.8) is 0 Å². The van der Waals surface area contributed by atoms with Crippen LogP contribution in [0.3, 0.4) is 0 Å². The number of benzene rings is 1. The Labute approximate surface area is 80.7 Å². The number of likely N-dealkylation sites (N-methyl/N-ethyl adjacent to an activating group) is 1. The molecule has 5 heteroatoms. The van der Waals surface area contributed by atoms with Gasteiger partial charge in [-0.1, -0.05) is 17.3 Å². The Morgan fingerprint density at radius 2 is 2.57 bits per heavy atom. The minimum Gasteiger partial charge on any atom is -0.358 e. The third kappa shape index (κ3) is 1.44. The molecule has 2 aromatic rings. The van der Waals surface area contributed by atoms with Crippen molar-refractivity contribution in [2.45, 2.75) is 6.54 Å². The molecule has 1 aromatic carbocycles. The van der Waals surface area contributed by atoms with Gasteiger partial charge in [0.15, 0.2) is 0 Å². The first-order valence-electron chi connectivity index (χ1n) is 4.22. The van der Waals surface area contributed by atoms with Gasteiger partial charge in [0.2, 0.25) is 5.91 Å². The Balaban J connectivity index is 2.38. The molecule has 2 rings (SSSR count). The van der Waals surface area contributed by atoms with E-state index in [9.17, 15) is 4.79 Å². The second-order valence-electron chi connectivity index (χ2n) is 2.82. The molecule has 0 aliphatic rings. The summed E-state index contributed by atoms with van der Waals surface area (Å²) in [6, 6.07) is 8.40. The monoisotopic (exact) mass is 189 g/mol. The number of aromatic nitrogens is 3. The highest BCUT2D eigenvalue weighted by Crippen LogP contribution is 2.08. The minimum atomic E-state index is -0.0966. The van der Waals surface area contributed by atoms with Crippen LogP contribution in [-0.2, 0) is 11.3 Å². The van der Waals surface area contributed by atoms with Gasteiger partial charge in [-0.05, 0) is 6.07 Å². The van der Waals surface area contributed by atoms with Gasteiger partial charge in [0.05, 0.1) is 5.52 Å². The summed E-state index contributed by atoms with van der Waals surface area (Å²) in [7, 11) is 1.59. The number of nitrogens with one attached hydrogen (secondary N) is 1. The van der Waals surface area contributed by atoms with Crippen LogP contribution in [0.2, 0.25) is 0 Å². The van der Waals surface area contributed by atoms with Crippen LogP contribution < -0.4 is 5.32 Å². The van der Waals surface area contributed by atoms with Crippen molar-refractivity contribution in [2.24, 2.45) is 0 Å². The summed E-state index contributed by atoms with van der Waals surface area (Å²) in [4.78, 5) is 11.1. The van der Waals surface area contributed by atoms with Crippen LogP contribution in [0.25, 0.3) is 11.0 Å². The van der Waals surface area contributed by atoms with Gasteiger partial charge < -0.3 is 5.32 Å². The van der Waals surface area contributed by atoms with E-state index in [0.29, 0.717) is 5.52 Å². The molecule has 71 valence electrons. The summed E-state index contributed by atoms with van der Waals surface area (Å²) in [6.45, 7) is 0.185. The van der Waals surface area contributed by atoms with E-state index in [-0.39, 0.29) is 12.5 Å². The predicted molar refractivity (Wildman–Crippen MR) is 50.4 cm³/mol. The van der Waals surface area contributed by atoms with Crippen molar-refractivity contribution in [1.82, 2.24) is 20.3 Å². The Hall–Kier alpha value is -1.91. The summed E-state index contributed by atoms with van der Waals surface area (Å²) >= 11 is 0. The smallest absolute Gasteiger partial charge is 0.241 e. The summed E-state index contributed by atoms with van der Waals surface area (Å²) in [5.74, 6) is -0.0966. The number of amides is 1. The lowest BCUT2D eigenvalue weighted by Crippen LogP contribution is -2.23. The van der Waals surface area contributed by atoms with Crippen molar-refractivity contribution in [2.75, 3.05) is 7.05 Å². The van der Waals surface area contributed by atoms with Crippen molar-refractivity contribution in [3.8, 4) is 0 Å². The van der Waals surface area contributed by atoms with Crippen LogP contribution >= 0.6 is 0 Å². The van der Waals surface area contributed by atoms with E-state index < -0.39 is 0 Å². The molecule has 0 bridgehead atoms. The number of fused-ring (bicyclic) bond motifs is 1. The topological polar surface area (TPSA) is 59.8 Å². The van der Waals surface area contributed by atoms with Crippen LogP contribution in [0.1, 0.15) is 0 Å². The number of carbonyl (C=O) groups excluding carboxylic acids is 1. The van der Waals surface area contributed by atoms with Gasteiger partial charge in [-0.3, -0.25) is 4.79 Å². The van der Waals surface area contributed by atoms with Gasteiger partial charge in [0.1, 0.15) is 12.1 Å². The zero-order valence-corrected chi connectivity index (χ0v) is 7.69. The first kappa shape index (κ1) is 8.68. The highest BCUT2D eigenvalue weighted by Gasteiger charge is 2.06. The normalized spacial score (nSPS) is 10.4. The number of hydrogen-bond donors (Lipinski definition) is 1. The summed E-state index contributed by atoms with van der Waals surface area (Å²) in [5, 5.41) is 10.3. The number of nitrogens with zero attached hydrogens (tertiary/aromatic N) is 3. The summed E-state index contributed by atoms with van der Waals surface area (Å²) < 4.78 is 1.55. The first-order chi connectivity index (χ1) is 6.81. The average molecular weight is 189 g/mol. The average Bonchev–Trinajstić information content (AvgIpc) is 2.62. The van der Waals surface area contributed by atoms with Crippen LogP contribution in [0.15, 0.2) is 18.2 Å². The van der Waals surface area contributed by atoms with E-state index in [1.54, 1.807) is 17.8 Å². The van der Waals surface area contributed by atoms with E-state index in [4.69, 9.17) is 0 Å². The van der Waals surface area contributed by atoms with Crippen molar-refractivity contribution >= 4 is 16.9 Å². The van der Waals surface area contributed by atoms with Crippen molar-refractivity contribution < 1.29 is 4.79 Å². The van der Waals surface area contributed by atoms with Gasteiger partial charge in [-0.2, -0.15) is 0 Å². The Kier molecular flexibility index (Phi) is 2.14. The maximum absolute atomic E-state index is 11.1. The third-order valence-corrected chi connectivity index (χ3v) is 1.92. The van der Waals surface area contributed by atoms with Crippen LogP contribution in [0.4, 0.5) is 0 Å². The predicted octanol–water partition coefficient (Wildman–Crippen LogP) is -0.0225. The maximum Gasteiger partial charge on any atom is 0.241 e. The SMILES string of the molecule is CNC(=O)Cn1nnc2[c]cccc21. The van der Waals surface area contributed by atoms with E-state index >= 15 is 0 Å². The van der Waals surface area contributed by atoms with Gasteiger partial charge >= 0.3 is 0 Å². The van der Waals surface area contributed by atoms with Crippen LogP contribution in [-0.4, -0.2) is 27.9 Å². The molecule has 0 saturated carbocycles. The van der Waals surface area contributed by atoms with Crippen LogP contribution in [0.5, 0.6) is 0 Å². The second kappa shape index (κ2) is 3.45. The first-order valence-corrected chi connectivity index (χ1v) is 4.22. The minimum absolute atomic E-state index is 0.0966. The fourth-order valence-corrected chi connectivity index (χ4v) is 1.19. The Bertz CT molecular complexity index is 463. The molecule has 1 aromatic heterocycles. The standard InChI is InChI=1S/C9H9N4O/c1-10-9(14)6-13-8-5-3-2-4-7(8)11-12-13/h2-3,5H,6H2,1H3,(H,10,14). The lowest BCUT2D eigenvalue weighted by Gasteiger charge is -1.99. The van der Waals surface area contributed by atoms with E-state index in [2.05, 4.69) is 21.7 Å². The molecule has 5 nitrogen and oxygen atoms in total. The zero-order chi connectivity index (χ0) is 9.97. The molecule has 0 aliphatic heterocycles. The lowest BCUT2D eigenvalue weighted by atomic mass is 10.3. The fourth-order valence-electron chi connectivity index (χ4n) is 1.19. The van der Waals surface area contributed by atoms with E-state index in [0.717, 1.165) is 5.52 Å². The van der Waals surface area contributed by atoms with Crippen molar-refractivity contribution in [3.05, 3.63) is 24.3 Å². The zero-order valence-electron chi connectivity index (χ0n) is 7.69. The molecule has 1 N–H and O–H groups in total. The van der Waals surface area contributed by atoms with Gasteiger partial charge in [-0.15, -0.1) is 5.10 Å². The molecule has 1 heterocycles. The molecule has 14 heavy (non-hydrogen) atoms. The Morgan fingerprint density at radius 1 is 1.71 bits per heavy atom. The molecule has 0 saturated heterocycles. The highest BCUT2D eigenvalue weighted by atomic mass is 16.1. The molecular formula is C9H9N4O. The van der Waals surface area contributed by atoms with Gasteiger partial charge in [0, 0.05) is 13.1 Å². The van der Waals surface area contributed by atoms with Crippen LogP contribution in [0, 0.1) is 6.07 Å². The van der Waals surface area contributed by atoms with Gasteiger partial charge in [-0.25, -0.2) is 4.68 Å².